The first-order valence-electron chi connectivity index (χ1n) is 11.7. The van der Waals surface area contributed by atoms with Gasteiger partial charge >= 0.3 is 0 Å². The number of piperidine rings is 1. The van der Waals surface area contributed by atoms with Crippen molar-refractivity contribution in [2.24, 2.45) is 5.92 Å². The normalized spacial score (nSPS) is 16.3. The van der Waals surface area contributed by atoms with Gasteiger partial charge < -0.3 is 10.2 Å². The fourth-order valence-electron chi connectivity index (χ4n) is 4.84. The molecular formula is C27H27ClFN3O2. The zero-order valence-corrected chi connectivity index (χ0v) is 19.9. The average molecular weight is 480 g/mol. The van der Waals surface area contributed by atoms with Crippen LogP contribution in [0.25, 0.3) is 6.08 Å². The molecule has 2 aliphatic rings. The first-order chi connectivity index (χ1) is 16.4. The van der Waals surface area contributed by atoms with Crippen molar-refractivity contribution in [1.29, 1.82) is 5.26 Å². The Morgan fingerprint density at radius 1 is 1.21 bits per heavy atom. The van der Waals surface area contributed by atoms with Gasteiger partial charge in [-0.2, -0.15) is 5.26 Å². The summed E-state index contributed by atoms with van der Waals surface area (Å²) in [5.74, 6) is -1.00. The number of benzene rings is 2. The van der Waals surface area contributed by atoms with E-state index in [1.807, 2.05) is 17.9 Å². The summed E-state index contributed by atoms with van der Waals surface area (Å²) >= 11 is 6.30. The average Bonchev–Trinajstić information content (AvgIpc) is 3.36. The van der Waals surface area contributed by atoms with Crippen LogP contribution < -0.4 is 5.32 Å². The molecule has 0 atom stereocenters. The maximum absolute atomic E-state index is 14.5. The molecule has 176 valence electrons. The highest BCUT2D eigenvalue weighted by atomic mass is 35.5. The smallest absolute Gasteiger partial charge is 0.258 e. The molecule has 2 amide bonds. The Bertz CT molecular complexity index is 1190. The van der Waals surface area contributed by atoms with E-state index < -0.39 is 11.7 Å². The van der Waals surface area contributed by atoms with Crippen LogP contribution in [0.3, 0.4) is 0 Å². The van der Waals surface area contributed by atoms with Crippen molar-refractivity contribution in [3.05, 3.63) is 69.0 Å². The molecular weight excluding hydrogens is 453 g/mol. The second-order valence-corrected chi connectivity index (χ2v) is 9.47. The number of hydrogen-bond acceptors (Lipinski definition) is 3. The van der Waals surface area contributed by atoms with E-state index in [1.165, 1.54) is 23.8 Å². The van der Waals surface area contributed by atoms with Gasteiger partial charge in [0, 0.05) is 24.0 Å². The third-order valence-corrected chi connectivity index (χ3v) is 6.93. The maximum atomic E-state index is 14.5. The van der Waals surface area contributed by atoms with Crippen molar-refractivity contribution in [1.82, 2.24) is 4.90 Å². The zero-order valence-electron chi connectivity index (χ0n) is 19.2. The van der Waals surface area contributed by atoms with E-state index in [1.54, 1.807) is 18.2 Å². The zero-order chi connectivity index (χ0) is 24.2. The number of carbonyl (C=O) groups is 2. The number of nitriles is 1. The molecule has 1 aliphatic heterocycles. The van der Waals surface area contributed by atoms with Gasteiger partial charge in [0.05, 0.1) is 16.8 Å². The van der Waals surface area contributed by atoms with Crippen LogP contribution in [0.15, 0.2) is 35.9 Å². The first-order valence-corrected chi connectivity index (χ1v) is 12.0. The lowest BCUT2D eigenvalue weighted by molar-refractivity contribution is -0.135. The fourth-order valence-corrected chi connectivity index (χ4v) is 5.12. The van der Waals surface area contributed by atoms with Crippen LogP contribution in [0.2, 0.25) is 5.02 Å². The molecule has 1 saturated carbocycles. The van der Waals surface area contributed by atoms with E-state index in [0.717, 1.165) is 49.7 Å². The van der Waals surface area contributed by atoms with Gasteiger partial charge in [0.15, 0.2) is 5.82 Å². The number of hydrogen-bond donors (Lipinski definition) is 1. The minimum atomic E-state index is -0.840. The Labute approximate surface area is 204 Å². The molecule has 2 fully saturated rings. The van der Waals surface area contributed by atoms with Gasteiger partial charge in [0.2, 0.25) is 5.91 Å². The van der Waals surface area contributed by atoms with Gasteiger partial charge in [-0.05, 0) is 68.0 Å². The molecule has 1 aliphatic carbocycles. The van der Waals surface area contributed by atoms with Gasteiger partial charge in [0.25, 0.3) is 5.91 Å². The predicted molar refractivity (Wildman–Crippen MR) is 131 cm³/mol. The summed E-state index contributed by atoms with van der Waals surface area (Å²) in [6, 6.07) is 9.44. The number of rotatable bonds is 4. The number of carbonyl (C=O) groups excluding carboxylic acids is 2. The summed E-state index contributed by atoms with van der Waals surface area (Å²) in [5, 5.41) is 12.4. The van der Waals surface area contributed by atoms with Crippen LogP contribution in [0, 0.1) is 30.0 Å². The molecule has 2 aromatic rings. The number of nitrogens with zero attached hydrogens (tertiary/aromatic N) is 2. The second kappa shape index (κ2) is 10.4. The third-order valence-electron chi connectivity index (χ3n) is 6.71. The van der Waals surface area contributed by atoms with E-state index in [9.17, 15) is 14.0 Å². The number of likely N-dealkylation sites (tertiary alicyclic amines) is 1. The SMILES string of the molecule is Cc1cc(Cl)cc(C=C2CCN(C(=O)C3CCCC3)CC2)c1NC(=O)c1cccc(C#N)c1F. The van der Waals surface area contributed by atoms with Crippen LogP contribution in [0.5, 0.6) is 0 Å². The number of halogens is 2. The maximum Gasteiger partial charge on any atom is 0.258 e. The van der Waals surface area contributed by atoms with Gasteiger partial charge in [-0.1, -0.05) is 42.2 Å². The van der Waals surface area contributed by atoms with Crippen molar-refractivity contribution in [3.63, 3.8) is 0 Å². The summed E-state index contributed by atoms with van der Waals surface area (Å²) < 4.78 is 14.5. The van der Waals surface area contributed by atoms with Gasteiger partial charge in [0.1, 0.15) is 6.07 Å². The minimum absolute atomic E-state index is 0.179. The summed E-state index contributed by atoms with van der Waals surface area (Å²) in [6.45, 7) is 3.21. The summed E-state index contributed by atoms with van der Waals surface area (Å²) in [5.41, 5.74) is 2.84. The van der Waals surface area contributed by atoms with Crippen LogP contribution >= 0.6 is 11.6 Å². The molecule has 1 N–H and O–H groups in total. The van der Waals surface area contributed by atoms with Crippen molar-refractivity contribution >= 4 is 35.2 Å². The van der Waals surface area contributed by atoms with Gasteiger partial charge in [-0.3, -0.25) is 9.59 Å². The highest BCUT2D eigenvalue weighted by Gasteiger charge is 2.28. The molecule has 0 radical (unpaired) electrons. The van der Waals surface area contributed by atoms with Gasteiger partial charge in [-0.25, -0.2) is 4.39 Å². The summed E-state index contributed by atoms with van der Waals surface area (Å²) in [7, 11) is 0. The molecule has 0 bridgehead atoms. The van der Waals surface area contributed by atoms with Gasteiger partial charge in [-0.15, -0.1) is 0 Å². The van der Waals surface area contributed by atoms with Crippen molar-refractivity contribution < 1.29 is 14.0 Å². The van der Waals surface area contributed by atoms with Crippen molar-refractivity contribution in [3.8, 4) is 6.07 Å². The Morgan fingerprint density at radius 2 is 1.91 bits per heavy atom. The standard InChI is InChI=1S/C27H27ClFN3O2/c1-17-13-22(28)15-21(25(17)31-26(33)23-8-4-7-20(16-30)24(23)29)14-18-9-11-32(12-10-18)27(34)19-5-2-3-6-19/h4,7-8,13-15,19H,2-3,5-6,9-12H2,1H3,(H,31,33). The Morgan fingerprint density at radius 3 is 2.59 bits per heavy atom. The summed E-state index contributed by atoms with van der Waals surface area (Å²) in [6.07, 6.45) is 7.81. The topological polar surface area (TPSA) is 73.2 Å². The molecule has 4 rings (SSSR count). The molecule has 0 unspecified atom stereocenters. The number of amides is 2. The predicted octanol–water partition coefficient (Wildman–Crippen LogP) is 6.11. The van der Waals surface area contributed by atoms with Crippen molar-refractivity contribution in [2.75, 3.05) is 18.4 Å². The largest absolute Gasteiger partial charge is 0.342 e. The van der Waals surface area contributed by atoms with E-state index in [0.29, 0.717) is 23.8 Å². The second-order valence-electron chi connectivity index (χ2n) is 9.03. The molecule has 0 aromatic heterocycles. The molecule has 34 heavy (non-hydrogen) atoms. The fraction of sp³-hybridized carbons (Fsp3) is 0.370. The lowest BCUT2D eigenvalue weighted by Crippen LogP contribution is -2.39. The third kappa shape index (κ3) is 5.15. The van der Waals surface area contributed by atoms with Crippen LogP contribution in [0.1, 0.15) is 65.6 Å². The van der Waals surface area contributed by atoms with E-state index in [4.69, 9.17) is 16.9 Å². The van der Waals surface area contributed by atoms with Crippen LogP contribution in [0.4, 0.5) is 10.1 Å². The lowest BCUT2D eigenvalue weighted by Gasteiger charge is -2.30. The highest BCUT2D eigenvalue weighted by molar-refractivity contribution is 6.31. The minimum Gasteiger partial charge on any atom is -0.342 e. The number of aryl methyl sites for hydroxylation is 1. The van der Waals surface area contributed by atoms with Crippen LogP contribution in [-0.2, 0) is 4.79 Å². The Hall–Kier alpha value is -3.17. The molecule has 7 heteroatoms. The van der Waals surface area contributed by atoms with E-state index >= 15 is 0 Å². The highest BCUT2D eigenvalue weighted by Crippen LogP contribution is 2.32. The quantitative estimate of drug-likeness (QED) is 0.575. The Kier molecular flexibility index (Phi) is 7.33. The van der Waals surface area contributed by atoms with Crippen molar-refractivity contribution in [2.45, 2.75) is 45.4 Å². The number of anilines is 1. The van der Waals surface area contributed by atoms with Crippen LogP contribution in [-0.4, -0.2) is 29.8 Å². The molecule has 5 nitrogen and oxygen atoms in total. The molecule has 1 saturated heterocycles. The molecule has 0 spiro atoms. The Balaban J connectivity index is 1.53. The first kappa shape index (κ1) is 24.0. The lowest BCUT2D eigenvalue weighted by atomic mass is 9.97. The van der Waals surface area contributed by atoms with E-state index in [2.05, 4.69) is 5.32 Å². The molecule has 1 heterocycles. The summed E-state index contributed by atoms with van der Waals surface area (Å²) in [4.78, 5) is 27.6. The monoisotopic (exact) mass is 479 g/mol. The number of nitrogens with one attached hydrogen (secondary N) is 1. The molecule has 2 aromatic carbocycles. The van der Waals surface area contributed by atoms with E-state index in [-0.39, 0.29) is 23.0 Å².